The van der Waals surface area contributed by atoms with Crippen LogP contribution in [-0.2, 0) is 19.0 Å². The molecular weight excluding hydrogens is 306 g/mol. The lowest BCUT2D eigenvalue weighted by Gasteiger charge is -2.34. The van der Waals surface area contributed by atoms with Crippen LogP contribution < -0.4 is 0 Å². The standard InChI is InChI=1S/C19H25NO4/c1-15-14-17(24-19(23-15)16-6-3-2-4-7-16)8-5-9-18(21)20-10-12-22-13-11-20/h2-7,9,15,17,19H,8,10-14H2,1H3/b9-5+/t15-,17+,19-/m0/s1. The molecule has 1 aromatic rings. The molecular formula is C19H25NO4. The van der Waals surface area contributed by atoms with Crippen molar-refractivity contribution in [3.05, 3.63) is 48.0 Å². The van der Waals surface area contributed by atoms with Crippen molar-refractivity contribution in [1.29, 1.82) is 0 Å². The molecule has 2 heterocycles. The minimum Gasteiger partial charge on any atom is -0.378 e. The molecule has 5 heteroatoms. The molecule has 1 amide bonds. The predicted molar refractivity (Wildman–Crippen MR) is 90.4 cm³/mol. The molecule has 1 aromatic carbocycles. The van der Waals surface area contributed by atoms with Gasteiger partial charge in [-0.15, -0.1) is 0 Å². The van der Waals surface area contributed by atoms with Gasteiger partial charge in [-0.05, 0) is 19.4 Å². The van der Waals surface area contributed by atoms with Crippen LogP contribution in [0.1, 0.15) is 31.6 Å². The maximum Gasteiger partial charge on any atom is 0.246 e. The second-order valence-electron chi connectivity index (χ2n) is 6.26. The first kappa shape index (κ1) is 17.1. The van der Waals surface area contributed by atoms with Crippen LogP contribution in [0.5, 0.6) is 0 Å². The fourth-order valence-electron chi connectivity index (χ4n) is 3.03. The number of morpholine rings is 1. The number of hydrogen-bond donors (Lipinski definition) is 0. The Balaban J connectivity index is 1.52. The number of carbonyl (C=O) groups is 1. The van der Waals surface area contributed by atoms with E-state index in [0.717, 1.165) is 12.0 Å². The number of carbonyl (C=O) groups excluding carboxylic acids is 1. The maximum atomic E-state index is 12.1. The highest BCUT2D eigenvalue weighted by Crippen LogP contribution is 2.30. The summed E-state index contributed by atoms with van der Waals surface area (Å²) >= 11 is 0. The van der Waals surface area contributed by atoms with Crippen molar-refractivity contribution in [2.24, 2.45) is 0 Å². The van der Waals surface area contributed by atoms with E-state index in [1.165, 1.54) is 0 Å². The van der Waals surface area contributed by atoms with E-state index in [9.17, 15) is 4.79 Å². The van der Waals surface area contributed by atoms with Gasteiger partial charge in [0.1, 0.15) is 0 Å². The summed E-state index contributed by atoms with van der Waals surface area (Å²) in [5, 5.41) is 0. The highest BCUT2D eigenvalue weighted by atomic mass is 16.7. The number of ether oxygens (including phenoxy) is 3. The first-order chi connectivity index (χ1) is 11.7. The monoisotopic (exact) mass is 331 g/mol. The summed E-state index contributed by atoms with van der Waals surface area (Å²) in [5.41, 5.74) is 1.03. The van der Waals surface area contributed by atoms with Crippen molar-refractivity contribution >= 4 is 5.91 Å². The smallest absolute Gasteiger partial charge is 0.246 e. The van der Waals surface area contributed by atoms with Gasteiger partial charge in [-0.25, -0.2) is 0 Å². The van der Waals surface area contributed by atoms with Gasteiger partial charge in [0, 0.05) is 25.1 Å². The molecule has 3 atom stereocenters. The third-order valence-corrected chi connectivity index (χ3v) is 4.32. The van der Waals surface area contributed by atoms with Crippen molar-refractivity contribution in [3.63, 3.8) is 0 Å². The van der Waals surface area contributed by atoms with E-state index in [2.05, 4.69) is 6.92 Å². The van der Waals surface area contributed by atoms with Gasteiger partial charge in [-0.1, -0.05) is 36.4 Å². The van der Waals surface area contributed by atoms with Gasteiger partial charge in [-0.2, -0.15) is 0 Å². The van der Waals surface area contributed by atoms with Crippen LogP contribution in [-0.4, -0.2) is 49.3 Å². The van der Waals surface area contributed by atoms with Crippen LogP contribution >= 0.6 is 0 Å². The molecule has 130 valence electrons. The Morgan fingerprint density at radius 2 is 1.96 bits per heavy atom. The first-order valence-corrected chi connectivity index (χ1v) is 8.61. The van der Waals surface area contributed by atoms with Gasteiger partial charge >= 0.3 is 0 Å². The van der Waals surface area contributed by atoms with E-state index in [4.69, 9.17) is 14.2 Å². The summed E-state index contributed by atoms with van der Waals surface area (Å²) in [4.78, 5) is 13.9. The molecule has 0 radical (unpaired) electrons. The zero-order valence-corrected chi connectivity index (χ0v) is 14.1. The fraction of sp³-hybridized carbons (Fsp3) is 0.526. The molecule has 0 spiro atoms. The Bertz CT molecular complexity index is 554. The topological polar surface area (TPSA) is 48.0 Å². The zero-order chi connectivity index (χ0) is 16.8. The summed E-state index contributed by atoms with van der Waals surface area (Å²) in [6, 6.07) is 9.97. The Morgan fingerprint density at radius 1 is 1.21 bits per heavy atom. The Hall–Kier alpha value is -1.69. The molecule has 0 bridgehead atoms. The number of amides is 1. The minimum absolute atomic E-state index is 0.0537. The number of hydrogen-bond acceptors (Lipinski definition) is 4. The highest BCUT2D eigenvalue weighted by molar-refractivity contribution is 5.87. The van der Waals surface area contributed by atoms with Crippen LogP contribution in [0.3, 0.4) is 0 Å². The van der Waals surface area contributed by atoms with E-state index < -0.39 is 0 Å². The van der Waals surface area contributed by atoms with Gasteiger partial charge in [-0.3, -0.25) is 4.79 Å². The van der Waals surface area contributed by atoms with Crippen molar-refractivity contribution in [2.75, 3.05) is 26.3 Å². The van der Waals surface area contributed by atoms with Crippen molar-refractivity contribution in [2.45, 2.75) is 38.3 Å². The van der Waals surface area contributed by atoms with E-state index >= 15 is 0 Å². The van der Waals surface area contributed by atoms with Crippen LogP contribution in [0.4, 0.5) is 0 Å². The summed E-state index contributed by atoms with van der Waals surface area (Å²) in [7, 11) is 0. The van der Waals surface area contributed by atoms with Gasteiger partial charge in [0.05, 0.1) is 25.4 Å². The van der Waals surface area contributed by atoms with Crippen molar-refractivity contribution < 1.29 is 19.0 Å². The van der Waals surface area contributed by atoms with E-state index in [0.29, 0.717) is 32.7 Å². The third kappa shape index (κ3) is 4.66. The zero-order valence-electron chi connectivity index (χ0n) is 14.1. The van der Waals surface area contributed by atoms with Gasteiger partial charge in [0.25, 0.3) is 0 Å². The lowest BCUT2D eigenvalue weighted by molar-refractivity contribution is -0.242. The molecule has 2 aliphatic heterocycles. The summed E-state index contributed by atoms with van der Waals surface area (Å²) < 4.78 is 17.2. The molecule has 0 N–H and O–H groups in total. The van der Waals surface area contributed by atoms with Crippen molar-refractivity contribution in [1.82, 2.24) is 4.90 Å². The average Bonchev–Trinajstić information content (AvgIpc) is 2.63. The molecule has 2 fully saturated rings. The average molecular weight is 331 g/mol. The summed E-state index contributed by atoms with van der Waals surface area (Å²) in [5.74, 6) is 0.0537. The minimum atomic E-state index is -0.330. The first-order valence-electron chi connectivity index (χ1n) is 8.61. The molecule has 0 aliphatic carbocycles. The molecule has 24 heavy (non-hydrogen) atoms. The number of rotatable bonds is 4. The van der Waals surface area contributed by atoms with E-state index in [1.807, 2.05) is 41.3 Å². The lowest BCUT2D eigenvalue weighted by atomic mass is 10.1. The Labute approximate surface area is 143 Å². The van der Waals surface area contributed by atoms with Crippen molar-refractivity contribution in [3.8, 4) is 0 Å². The predicted octanol–water partition coefficient (Wildman–Crippen LogP) is 2.68. The maximum absolute atomic E-state index is 12.1. The number of nitrogens with zero attached hydrogens (tertiary/aromatic N) is 1. The van der Waals surface area contributed by atoms with E-state index in [1.54, 1.807) is 6.08 Å². The van der Waals surface area contributed by atoms with E-state index in [-0.39, 0.29) is 24.4 Å². The summed E-state index contributed by atoms with van der Waals surface area (Å²) in [6.45, 7) is 4.65. The van der Waals surface area contributed by atoms with Gasteiger partial charge in [0.2, 0.25) is 5.91 Å². The molecule has 2 aliphatic rings. The molecule has 2 saturated heterocycles. The molecule has 5 nitrogen and oxygen atoms in total. The molecule has 3 rings (SSSR count). The quantitative estimate of drug-likeness (QED) is 0.796. The molecule has 0 aromatic heterocycles. The second kappa shape index (κ2) is 8.42. The largest absolute Gasteiger partial charge is 0.378 e. The van der Waals surface area contributed by atoms with Gasteiger partial charge < -0.3 is 19.1 Å². The Morgan fingerprint density at radius 3 is 2.71 bits per heavy atom. The lowest BCUT2D eigenvalue weighted by Crippen LogP contribution is -2.39. The second-order valence-corrected chi connectivity index (χ2v) is 6.26. The van der Waals surface area contributed by atoms with Crippen LogP contribution in [0.25, 0.3) is 0 Å². The summed E-state index contributed by atoms with van der Waals surface area (Å²) in [6.07, 6.45) is 5.00. The van der Waals surface area contributed by atoms with Crippen LogP contribution in [0.15, 0.2) is 42.5 Å². The fourth-order valence-corrected chi connectivity index (χ4v) is 3.03. The Kier molecular flexibility index (Phi) is 6.01. The number of benzene rings is 1. The van der Waals surface area contributed by atoms with Crippen LogP contribution in [0.2, 0.25) is 0 Å². The molecule has 0 unspecified atom stereocenters. The molecule has 0 saturated carbocycles. The van der Waals surface area contributed by atoms with Crippen LogP contribution in [0, 0.1) is 0 Å². The SMILES string of the molecule is C[C@H]1C[C@@H](C/C=C/C(=O)N2CCOCC2)O[C@@H](c2ccccc2)O1. The highest BCUT2D eigenvalue weighted by Gasteiger charge is 2.28. The third-order valence-electron chi connectivity index (χ3n) is 4.32. The van der Waals surface area contributed by atoms with Gasteiger partial charge in [0.15, 0.2) is 6.29 Å². The normalized spacial score (nSPS) is 28.2.